The predicted octanol–water partition coefficient (Wildman–Crippen LogP) is 10.6. The summed E-state index contributed by atoms with van der Waals surface area (Å²) < 4.78 is 20.9. The molecule has 1 spiro atoms. The highest BCUT2D eigenvalue weighted by Gasteiger charge is 2.45. The van der Waals surface area contributed by atoms with Crippen molar-refractivity contribution in [3.8, 4) is 70.8 Å². The first kappa shape index (κ1) is 30.3. The Labute approximate surface area is 285 Å². The first-order chi connectivity index (χ1) is 22.4. The van der Waals surface area contributed by atoms with E-state index in [2.05, 4.69) is 12.1 Å². The van der Waals surface area contributed by atoms with Gasteiger partial charge < -0.3 is 14.2 Å². The normalized spacial score (nSPS) is 14.1. The van der Waals surface area contributed by atoms with Crippen LogP contribution >= 0.6 is 56.7 Å². The Balaban J connectivity index is 1.35. The maximum atomic E-state index is 9.28. The molecule has 5 aromatic heterocycles. The molecule has 1 fully saturated rings. The highest BCUT2D eigenvalue weighted by atomic mass is 32.1. The molecule has 46 heavy (non-hydrogen) atoms. The molecule has 0 amide bonds. The van der Waals surface area contributed by atoms with Gasteiger partial charge >= 0.3 is 0 Å². The second kappa shape index (κ2) is 12.1. The number of hydrogen-bond acceptors (Lipinski definition) is 12. The van der Waals surface area contributed by atoms with Crippen LogP contribution in [0.5, 0.6) is 17.2 Å². The summed E-state index contributed by atoms with van der Waals surface area (Å²) in [5, 5.41) is 37.0. The number of hydrogen-bond donors (Lipinski definition) is 0. The summed E-state index contributed by atoms with van der Waals surface area (Å²) in [5.74, 6) is 2.37. The molecule has 2 aliphatic rings. The van der Waals surface area contributed by atoms with Crippen molar-refractivity contribution in [2.24, 2.45) is 0 Å². The number of fused-ring (bicyclic) bond motifs is 6. The Kier molecular flexibility index (Phi) is 7.95. The standard InChI is InChI=1S/C34H22N4O3S5/c1-39-23-10-20(8-18(14-35)15-36)42-30(23)25-12-22-29(44-25)33-28(41-34(22)6-4-3-5-7-34)32-27(46-33)13-26(45-32)31-24(40-2)11-21(43-31)9-19(16-37)17-38/h8-13H,3-7H2,1-2H3. The van der Waals surface area contributed by atoms with Crippen molar-refractivity contribution in [2.75, 3.05) is 14.2 Å². The fourth-order valence-corrected chi connectivity index (χ4v) is 12.3. The van der Waals surface area contributed by atoms with Crippen molar-refractivity contribution in [1.29, 1.82) is 21.0 Å². The van der Waals surface area contributed by atoms with E-state index in [9.17, 15) is 21.0 Å². The number of thiophene rings is 5. The molecule has 1 aliphatic carbocycles. The molecule has 6 heterocycles. The minimum Gasteiger partial charge on any atom is -0.495 e. The van der Waals surface area contributed by atoms with Crippen molar-refractivity contribution >= 4 is 78.2 Å². The lowest BCUT2D eigenvalue weighted by molar-refractivity contribution is 0.0267. The number of nitrogens with zero attached hydrogens (tertiary/aromatic N) is 4. The highest BCUT2D eigenvalue weighted by Crippen LogP contribution is 2.62. The average Bonchev–Trinajstić information content (AvgIpc) is 3.90. The molecule has 0 saturated heterocycles. The van der Waals surface area contributed by atoms with Crippen LogP contribution in [0.2, 0.25) is 0 Å². The molecule has 0 unspecified atom stereocenters. The van der Waals surface area contributed by atoms with E-state index in [1.165, 1.54) is 39.5 Å². The minimum atomic E-state index is -0.404. The van der Waals surface area contributed by atoms with Gasteiger partial charge in [-0.05, 0) is 62.1 Å². The monoisotopic (exact) mass is 694 g/mol. The Morgan fingerprint density at radius 1 is 0.696 bits per heavy atom. The van der Waals surface area contributed by atoms with E-state index in [1.807, 2.05) is 36.4 Å². The zero-order chi connectivity index (χ0) is 32.0. The van der Waals surface area contributed by atoms with Gasteiger partial charge in [0, 0.05) is 20.2 Å². The van der Waals surface area contributed by atoms with Crippen LogP contribution in [0.3, 0.4) is 0 Å². The third kappa shape index (κ3) is 5.00. The van der Waals surface area contributed by atoms with Crippen molar-refractivity contribution in [1.82, 2.24) is 0 Å². The first-order valence-corrected chi connectivity index (χ1v) is 18.3. The van der Waals surface area contributed by atoms with E-state index in [-0.39, 0.29) is 11.1 Å². The summed E-state index contributed by atoms with van der Waals surface area (Å²) in [5.41, 5.74) is 0.938. The van der Waals surface area contributed by atoms with Crippen LogP contribution in [0.15, 0.2) is 35.4 Å². The first-order valence-electron chi connectivity index (χ1n) is 14.2. The summed E-state index contributed by atoms with van der Waals surface area (Å²) in [7, 11) is 3.27. The fraction of sp³-hybridized carbons (Fsp3) is 0.235. The molecule has 0 radical (unpaired) electrons. The molecule has 0 N–H and O–H groups in total. The Hall–Kier alpha value is -4.40. The summed E-state index contributed by atoms with van der Waals surface area (Å²) in [6.45, 7) is 0. The third-order valence-corrected chi connectivity index (χ3v) is 14.3. The van der Waals surface area contributed by atoms with Gasteiger partial charge in [0.25, 0.3) is 0 Å². The molecule has 1 aliphatic heterocycles. The zero-order valence-corrected chi connectivity index (χ0v) is 28.6. The molecule has 7 rings (SSSR count). The fourth-order valence-electron chi connectivity index (χ4n) is 6.01. The van der Waals surface area contributed by atoms with Crippen molar-refractivity contribution in [2.45, 2.75) is 37.7 Å². The SMILES string of the molecule is COc1cc(C=C(C#N)C#N)sc1-c1cc2c(s1)-c1sc3cc(-c4sc(C=C(C#N)C#N)cc4OC)sc3c1OC21CCCCC1. The lowest BCUT2D eigenvalue weighted by Crippen LogP contribution is -2.37. The van der Waals surface area contributed by atoms with Gasteiger partial charge in [0.2, 0.25) is 0 Å². The molecule has 226 valence electrons. The summed E-state index contributed by atoms with van der Waals surface area (Å²) in [6.07, 6.45) is 8.48. The largest absolute Gasteiger partial charge is 0.495 e. The molecule has 5 aromatic rings. The van der Waals surface area contributed by atoms with Crippen LogP contribution in [0, 0.1) is 45.3 Å². The number of rotatable bonds is 6. The van der Waals surface area contributed by atoms with Gasteiger partial charge in [-0.3, -0.25) is 0 Å². The van der Waals surface area contributed by atoms with Gasteiger partial charge in [-0.2, -0.15) is 21.0 Å². The third-order valence-electron chi connectivity index (χ3n) is 8.09. The second-order valence-electron chi connectivity index (χ2n) is 10.7. The number of methoxy groups -OCH3 is 2. The van der Waals surface area contributed by atoms with E-state index in [1.54, 1.807) is 60.4 Å². The van der Waals surface area contributed by atoms with Crippen LogP contribution in [0.25, 0.3) is 50.8 Å². The van der Waals surface area contributed by atoms with Gasteiger partial charge in [-0.1, -0.05) is 6.42 Å². The summed E-state index contributed by atoms with van der Waals surface area (Å²) in [4.78, 5) is 8.02. The van der Waals surface area contributed by atoms with Crippen LogP contribution in [0.4, 0.5) is 0 Å². The number of nitriles is 4. The van der Waals surface area contributed by atoms with Gasteiger partial charge in [0.05, 0.1) is 48.0 Å². The molecule has 7 nitrogen and oxygen atoms in total. The molecular weight excluding hydrogens is 673 g/mol. The number of allylic oxidation sites excluding steroid dienone is 2. The van der Waals surface area contributed by atoms with E-state index in [0.29, 0.717) is 5.75 Å². The number of ether oxygens (including phenoxy) is 3. The molecule has 0 aromatic carbocycles. The lowest BCUT2D eigenvalue weighted by atomic mass is 9.78. The van der Waals surface area contributed by atoms with Gasteiger partial charge in [-0.25, -0.2) is 0 Å². The van der Waals surface area contributed by atoms with Gasteiger partial charge in [-0.15, -0.1) is 56.7 Å². The van der Waals surface area contributed by atoms with Crippen molar-refractivity contribution in [3.63, 3.8) is 0 Å². The van der Waals surface area contributed by atoms with Crippen molar-refractivity contribution in [3.05, 3.63) is 50.7 Å². The van der Waals surface area contributed by atoms with E-state index in [4.69, 9.17) is 14.2 Å². The molecule has 1 saturated carbocycles. The Morgan fingerprint density at radius 2 is 1.26 bits per heavy atom. The van der Waals surface area contributed by atoms with E-state index < -0.39 is 5.60 Å². The van der Waals surface area contributed by atoms with Crippen LogP contribution in [0.1, 0.15) is 47.4 Å². The van der Waals surface area contributed by atoms with Crippen LogP contribution in [-0.2, 0) is 5.60 Å². The van der Waals surface area contributed by atoms with Gasteiger partial charge in [0.15, 0.2) is 5.75 Å². The lowest BCUT2D eigenvalue weighted by Gasteiger charge is -2.40. The molecule has 0 atom stereocenters. The average molecular weight is 695 g/mol. The van der Waals surface area contributed by atoms with Crippen LogP contribution < -0.4 is 14.2 Å². The highest BCUT2D eigenvalue weighted by molar-refractivity contribution is 7.34. The Morgan fingerprint density at radius 3 is 1.80 bits per heavy atom. The zero-order valence-electron chi connectivity index (χ0n) is 24.6. The summed E-state index contributed by atoms with van der Waals surface area (Å²) >= 11 is 8.18. The summed E-state index contributed by atoms with van der Waals surface area (Å²) in [6, 6.07) is 16.0. The Bertz CT molecular complexity index is 2230. The maximum absolute atomic E-state index is 9.28. The van der Waals surface area contributed by atoms with Crippen LogP contribution in [-0.4, -0.2) is 14.2 Å². The topological polar surface area (TPSA) is 123 Å². The minimum absolute atomic E-state index is 0.0518. The smallest absolute Gasteiger partial charge is 0.157 e. The quantitative estimate of drug-likeness (QED) is 0.162. The molecule has 0 bridgehead atoms. The second-order valence-corrected chi connectivity index (χ2v) is 16.1. The molecular formula is C34H22N4O3S5. The van der Waals surface area contributed by atoms with E-state index >= 15 is 0 Å². The maximum Gasteiger partial charge on any atom is 0.157 e. The van der Waals surface area contributed by atoms with Crippen molar-refractivity contribution < 1.29 is 14.2 Å². The molecule has 12 heteroatoms. The predicted molar refractivity (Wildman–Crippen MR) is 187 cm³/mol. The van der Waals surface area contributed by atoms with E-state index in [0.717, 1.165) is 80.7 Å². The van der Waals surface area contributed by atoms with Gasteiger partial charge in [0.1, 0.15) is 52.5 Å².